The minimum atomic E-state index is -4.96. The lowest BCUT2D eigenvalue weighted by Gasteiger charge is -2.29. The summed E-state index contributed by atoms with van der Waals surface area (Å²) >= 11 is 0. The second-order valence-corrected chi connectivity index (χ2v) is 5.31. The number of morpholine rings is 1. The van der Waals surface area contributed by atoms with Crippen molar-refractivity contribution in [1.29, 1.82) is 0 Å². The van der Waals surface area contributed by atoms with Crippen LogP contribution >= 0.6 is 0 Å². The first-order chi connectivity index (χ1) is 10.8. The van der Waals surface area contributed by atoms with Gasteiger partial charge in [0.2, 0.25) is 0 Å². The van der Waals surface area contributed by atoms with Crippen LogP contribution in [0.1, 0.15) is 18.4 Å². The topological polar surface area (TPSA) is 38.8 Å². The van der Waals surface area contributed by atoms with E-state index < -0.39 is 23.8 Å². The second kappa shape index (κ2) is 7.27. The molecule has 0 unspecified atom stereocenters. The molecule has 1 aliphatic heterocycles. The number of ketones is 1. The zero-order valence-corrected chi connectivity index (χ0v) is 12.5. The number of carbonyl (C=O) groups excluding carboxylic acids is 1. The molecule has 0 aromatic heterocycles. The van der Waals surface area contributed by atoms with E-state index in [2.05, 4.69) is 4.74 Å². The molecule has 1 fully saturated rings. The molecule has 0 N–H and O–H groups in total. The van der Waals surface area contributed by atoms with Gasteiger partial charge < -0.3 is 9.47 Å². The lowest BCUT2D eigenvalue weighted by molar-refractivity contribution is -0.275. The Morgan fingerprint density at radius 2 is 2.00 bits per heavy atom. The highest BCUT2D eigenvalue weighted by molar-refractivity contribution is 5.83. The number of ether oxygens (including phenoxy) is 2. The first-order valence-corrected chi connectivity index (χ1v) is 7.12. The van der Waals surface area contributed by atoms with Crippen molar-refractivity contribution in [3.8, 4) is 5.75 Å². The molecule has 0 saturated carbocycles. The van der Waals surface area contributed by atoms with Crippen LogP contribution in [0.5, 0.6) is 5.75 Å². The quantitative estimate of drug-likeness (QED) is 0.776. The molecule has 0 amide bonds. The van der Waals surface area contributed by atoms with Gasteiger partial charge in [-0.25, -0.2) is 4.39 Å². The third kappa shape index (κ3) is 5.18. The second-order valence-electron chi connectivity index (χ2n) is 5.31. The summed E-state index contributed by atoms with van der Waals surface area (Å²) in [7, 11) is 0. The standard InChI is InChI=1S/C15H17F4NO3/c1-10(21)12(9-20-4-6-22-7-5-20)11-2-3-14(13(16)8-11)23-15(17,18)19/h2-3,8,12H,4-7,9H2,1H3/t12-/m0/s1. The summed E-state index contributed by atoms with van der Waals surface area (Å²) in [5.41, 5.74) is 0.330. The predicted molar refractivity (Wildman–Crippen MR) is 73.8 cm³/mol. The van der Waals surface area contributed by atoms with E-state index >= 15 is 0 Å². The lowest BCUT2D eigenvalue weighted by atomic mass is 9.94. The molecule has 2 rings (SSSR count). The van der Waals surface area contributed by atoms with Crippen LogP contribution in [0.15, 0.2) is 18.2 Å². The van der Waals surface area contributed by atoms with E-state index in [1.165, 1.54) is 13.0 Å². The summed E-state index contributed by atoms with van der Waals surface area (Å²) in [6, 6.07) is 3.11. The lowest BCUT2D eigenvalue weighted by Crippen LogP contribution is -2.40. The fourth-order valence-electron chi connectivity index (χ4n) is 2.45. The van der Waals surface area contributed by atoms with Crippen LogP contribution in [0.3, 0.4) is 0 Å². The van der Waals surface area contributed by atoms with Gasteiger partial charge in [-0.05, 0) is 24.6 Å². The Hall–Kier alpha value is -1.67. The van der Waals surface area contributed by atoms with Crippen LogP contribution in [0, 0.1) is 5.82 Å². The normalized spacial score (nSPS) is 17.8. The van der Waals surface area contributed by atoms with Gasteiger partial charge in [-0.1, -0.05) is 6.07 Å². The van der Waals surface area contributed by atoms with Crippen LogP contribution in [-0.2, 0) is 9.53 Å². The number of carbonyl (C=O) groups is 1. The molecule has 0 bridgehead atoms. The summed E-state index contributed by atoms with van der Waals surface area (Å²) < 4.78 is 59.1. The highest BCUT2D eigenvalue weighted by Gasteiger charge is 2.32. The molecule has 1 aromatic rings. The predicted octanol–water partition coefficient (Wildman–Crippen LogP) is 2.73. The van der Waals surface area contributed by atoms with Gasteiger partial charge in [-0.15, -0.1) is 13.2 Å². The number of alkyl halides is 3. The molecule has 1 aromatic carbocycles. The monoisotopic (exact) mass is 335 g/mol. The van der Waals surface area contributed by atoms with Gasteiger partial charge in [-0.3, -0.25) is 9.69 Å². The van der Waals surface area contributed by atoms with Crippen molar-refractivity contribution in [2.24, 2.45) is 0 Å². The zero-order valence-electron chi connectivity index (χ0n) is 12.5. The Morgan fingerprint density at radius 3 is 2.52 bits per heavy atom. The molecule has 4 nitrogen and oxygen atoms in total. The Balaban J connectivity index is 2.15. The fourth-order valence-corrected chi connectivity index (χ4v) is 2.45. The summed E-state index contributed by atoms with van der Waals surface area (Å²) in [5.74, 6) is -2.84. The van der Waals surface area contributed by atoms with Crippen LogP contribution in [0.4, 0.5) is 17.6 Å². The first kappa shape index (κ1) is 17.7. The molecule has 8 heteroatoms. The molecule has 1 aliphatic rings. The fraction of sp³-hybridized carbons (Fsp3) is 0.533. The number of hydrogen-bond acceptors (Lipinski definition) is 4. The van der Waals surface area contributed by atoms with Gasteiger partial charge in [0.15, 0.2) is 11.6 Å². The number of rotatable bonds is 5. The maximum atomic E-state index is 13.8. The minimum absolute atomic E-state index is 0.180. The largest absolute Gasteiger partial charge is 0.573 e. The van der Waals surface area contributed by atoms with Crippen LogP contribution in [-0.4, -0.2) is 49.9 Å². The maximum absolute atomic E-state index is 13.8. The molecule has 128 valence electrons. The number of benzene rings is 1. The molecular weight excluding hydrogens is 318 g/mol. The molecule has 1 heterocycles. The Morgan fingerprint density at radius 1 is 1.35 bits per heavy atom. The molecule has 0 aliphatic carbocycles. The third-order valence-corrected chi connectivity index (χ3v) is 3.62. The van der Waals surface area contributed by atoms with E-state index in [-0.39, 0.29) is 5.78 Å². The third-order valence-electron chi connectivity index (χ3n) is 3.62. The Bertz CT molecular complexity index is 556. The number of hydrogen-bond donors (Lipinski definition) is 0. The SMILES string of the molecule is CC(=O)[C@H](CN1CCOCC1)c1ccc(OC(F)(F)F)c(F)c1. The van der Waals surface area contributed by atoms with Crippen molar-refractivity contribution in [3.05, 3.63) is 29.6 Å². The van der Waals surface area contributed by atoms with Crippen molar-refractivity contribution in [2.75, 3.05) is 32.8 Å². The molecular formula is C15H17F4NO3. The highest BCUT2D eigenvalue weighted by atomic mass is 19.4. The van der Waals surface area contributed by atoms with Crippen LogP contribution in [0.2, 0.25) is 0 Å². The van der Waals surface area contributed by atoms with Gasteiger partial charge in [-0.2, -0.15) is 0 Å². The Labute approximate surface area is 131 Å². The van der Waals surface area contributed by atoms with E-state index in [9.17, 15) is 22.4 Å². The highest BCUT2D eigenvalue weighted by Crippen LogP contribution is 2.29. The van der Waals surface area contributed by atoms with Crippen molar-refractivity contribution < 1.29 is 31.8 Å². The number of Topliss-reactive ketones (excluding diaryl/α,β-unsaturated/α-hetero) is 1. The number of halogens is 4. The zero-order chi connectivity index (χ0) is 17.0. The molecule has 0 radical (unpaired) electrons. The van der Waals surface area contributed by atoms with Crippen molar-refractivity contribution >= 4 is 5.78 Å². The van der Waals surface area contributed by atoms with Crippen molar-refractivity contribution in [2.45, 2.75) is 19.2 Å². The van der Waals surface area contributed by atoms with E-state index in [1.54, 1.807) is 0 Å². The minimum Gasteiger partial charge on any atom is -0.403 e. The van der Waals surface area contributed by atoms with Crippen molar-refractivity contribution in [1.82, 2.24) is 4.90 Å². The summed E-state index contributed by atoms with van der Waals surface area (Å²) in [5, 5.41) is 0. The number of nitrogens with zero attached hydrogens (tertiary/aromatic N) is 1. The maximum Gasteiger partial charge on any atom is 0.573 e. The van der Waals surface area contributed by atoms with E-state index in [4.69, 9.17) is 4.74 Å². The van der Waals surface area contributed by atoms with Crippen LogP contribution < -0.4 is 4.74 Å². The average molecular weight is 335 g/mol. The van der Waals surface area contributed by atoms with E-state index in [1.807, 2.05) is 4.90 Å². The van der Waals surface area contributed by atoms with Gasteiger partial charge in [0.25, 0.3) is 0 Å². The average Bonchev–Trinajstić information content (AvgIpc) is 2.46. The summed E-state index contributed by atoms with van der Waals surface area (Å²) in [4.78, 5) is 13.9. The molecule has 0 spiro atoms. The molecule has 23 heavy (non-hydrogen) atoms. The van der Waals surface area contributed by atoms with E-state index in [0.29, 0.717) is 38.4 Å². The van der Waals surface area contributed by atoms with E-state index in [0.717, 1.165) is 12.1 Å². The van der Waals surface area contributed by atoms with Gasteiger partial charge in [0.05, 0.1) is 19.1 Å². The van der Waals surface area contributed by atoms with Gasteiger partial charge >= 0.3 is 6.36 Å². The van der Waals surface area contributed by atoms with Crippen molar-refractivity contribution in [3.63, 3.8) is 0 Å². The summed E-state index contributed by atoms with van der Waals surface area (Å²) in [6.45, 7) is 4.17. The molecule has 1 saturated heterocycles. The van der Waals surface area contributed by atoms with Gasteiger partial charge in [0.1, 0.15) is 5.78 Å². The smallest absolute Gasteiger partial charge is 0.403 e. The van der Waals surface area contributed by atoms with Gasteiger partial charge in [0, 0.05) is 19.6 Å². The summed E-state index contributed by atoms with van der Waals surface area (Å²) in [6.07, 6.45) is -4.96. The first-order valence-electron chi connectivity index (χ1n) is 7.12. The van der Waals surface area contributed by atoms with Crippen LogP contribution in [0.25, 0.3) is 0 Å². The Kier molecular flexibility index (Phi) is 5.59. The molecule has 1 atom stereocenters.